The van der Waals surface area contributed by atoms with E-state index in [2.05, 4.69) is 17.6 Å². The zero-order valence-electron chi connectivity index (χ0n) is 16.4. The van der Waals surface area contributed by atoms with Crippen molar-refractivity contribution in [3.05, 3.63) is 90.0 Å². The highest BCUT2D eigenvalue weighted by atomic mass is 16.5. The maximum Gasteiger partial charge on any atom is 0.259 e. The quantitative estimate of drug-likeness (QED) is 0.510. The van der Waals surface area contributed by atoms with E-state index < -0.39 is 0 Å². The van der Waals surface area contributed by atoms with E-state index in [9.17, 15) is 9.59 Å². The van der Waals surface area contributed by atoms with Crippen molar-refractivity contribution in [1.82, 2.24) is 0 Å². The molecule has 5 heteroatoms. The van der Waals surface area contributed by atoms with Gasteiger partial charge in [-0.1, -0.05) is 55.8 Å². The predicted octanol–water partition coefficient (Wildman–Crippen LogP) is 5.37. The number of unbranched alkanes of at least 4 members (excludes halogenated alkanes) is 1. The minimum absolute atomic E-state index is 0.292. The third kappa shape index (κ3) is 5.45. The van der Waals surface area contributed by atoms with Gasteiger partial charge in [-0.15, -0.1) is 0 Å². The standard InChI is InChI=1S/C24H24N2O3/c1-2-3-17-29-22-16-10-8-14-20(22)24(28)26-21-15-9-7-13-19(21)23(27)25-18-11-5-4-6-12-18/h4-16H,2-3,17H2,1H3,(H,25,27)(H,26,28). The normalized spacial score (nSPS) is 10.2. The summed E-state index contributed by atoms with van der Waals surface area (Å²) >= 11 is 0. The first-order chi connectivity index (χ1) is 14.2. The second kappa shape index (κ2) is 10.1. The smallest absolute Gasteiger partial charge is 0.259 e. The number of ether oxygens (including phenoxy) is 1. The number of carbonyl (C=O) groups excluding carboxylic acids is 2. The lowest BCUT2D eigenvalue weighted by Crippen LogP contribution is -2.19. The Morgan fingerprint density at radius 2 is 1.38 bits per heavy atom. The Morgan fingerprint density at radius 1 is 0.759 bits per heavy atom. The summed E-state index contributed by atoms with van der Waals surface area (Å²) in [6.07, 6.45) is 1.93. The summed E-state index contributed by atoms with van der Waals surface area (Å²) in [6, 6.07) is 23.2. The summed E-state index contributed by atoms with van der Waals surface area (Å²) in [7, 11) is 0. The molecule has 0 saturated carbocycles. The van der Waals surface area contributed by atoms with Crippen molar-refractivity contribution in [2.75, 3.05) is 17.2 Å². The Hall–Kier alpha value is -3.60. The highest BCUT2D eigenvalue weighted by Crippen LogP contribution is 2.22. The van der Waals surface area contributed by atoms with Crippen LogP contribution in [0.3, 0.4) is 0 Å². The third-order valence-corrected chi connectivity index (χ3v) is 4.34. The number of carbonyl (C=O) groups is 2. The van der Waals surface area contributed by atoms with Crippen molar-refractivity contribution >= 4 is 23.2 Å². The molecule has 0 atom stereocenters. The van der Waals surface area contributed by atoms with Crippen LogP contribution >= 0.6 is 0 Å². The molecule has 0 bridgehead atoms. The van der Waals surface area contributed by atoms with Crippen molar-refractivity contribution < 1.29 is 14.3 Å². The van der Waals surface area contributed by atoms with Crippen molar-refractivity contribution in [2.24, 2.45) is 0 Å². The van der Waals surface area contributed by atoms with Crippen LogP contribution in [-0.4, -0.2) is 18.4 Å². The fourth-order valence-electron chi connectivity index (χ4n) is 2.81. The van der Waals surface area contributed by atoms with Gasteiger partial charge in [-0.05, 0) is 42.8 Å². The van der Waals surface area contributed by atoms with Crippen molar-refractivity contribution in [3.63, 3.8) is 0 Å². The topological polar surface area (TPSA) is 67.4 Å². The van der Waals surface area contributed by atoms with Gasteiger partial charge in [-0.2, -0.15) is 0 Å². The average Bonchev–Trinajstić information content (AvgIpc) is 2.75. The Labute approximate surface area is 170 Å². The fourth-order valence-corrected chi connectivity index (χ4v) is 2.81. The number of anilines is 2. The molecule has 29 heavy (non-hydrogen) atoms. The van der Waals surface area contributed by atoms with Gasteiger partial charge in [0.25, 0.3) is 11.8 Å². The van der Waals surface area contributed by atoms with Gasteiger partial charge >= 0.3 is 0 Å². The molecule has 148 valence electrons. The molecule has 0 saturated heterocycles. The highest BCUT2D eigenvalue weighted by Gasteiger charge is 2.17. The SMILES string of the molecule is CCCCOc1ccccc1C(=O)Nc1ccccc1C(=O)Nc1ccccc1. The lowest BCUT2D eigenvalue weighted by molar-refractivity contribution is 0.102. The number of hydrogen-bond donors (Lipinski definition) is 2. The van der Waals surface area contributed by atoms with E-state index in [0.717, 1.165) is 12.8 Å². The number of para-hydroxylation sites is 3. The molecule has 0 radical (unpaired) electrons. The van der Waals surface area contributed by atoms with Crippen molar-refractivity contribution in [2.45, 2.75) is 19.8 Å². The zero-order chi connectivity index (χ0) is 20.5. The Kier molecular flexibility index (Phi) is 7.00. The molecule has 0 aliphatic rings. The van der Waals surface area contributed by atoms with Gasteiger partial charge in [-0.25, -0.2) is 0 Å². The van der Waals surface area contributed by atoms with E-state index in [-0.39, 0.29) is 11.8 Å². The first-order valence-electron chi connectivity index (χ1n) is 9.67. The van der Waals surface area contributed by atoms with Gasteiger partial charge in [0.15, 0.2) is 0 Å². The largest absolute Gasteiger partial charge is 0.493 e. The highest BCUT2D eigenvalue weighted by molar-refractivity contribution is 6.13. The molecule has 0 heterocycles. The van der Waals surface area contributed by atoms with Crippen LogP contribution < -0.4 is 15.4 Å². The van der Waals surface area contributed by atoms with E-state index in [1.54, 1.807) is 42.5 Å². The summed E-state index contributed by atoms with van der Waals surface area (Å²) < 4.78 is 5.75. The number of hydrogen-bond acceptors (Lipinski definition) is 3. The third-order valence-electron chi connectivity index (χ3n) is 4.34. The van der Waals surface area contributed by atoms with Crippen LogP contribution in [0, 0.1) is 0 Å². The van der Waals surface area contributed by atoms with Gasteiger partial charge in [0, 0.05) is 5.69 Å². The summed E-state index contributed by atoms with van der Waals surface area (Å²) in [5, 5.41) is 5.69. The molecular weight excluding hydrogens is 364 g/mol. The maximum absolute atomic E-state index is 12.9. The molecule has 3 rings (SSSR count). The minimum atomic E-state index is -0.322. The molecule has 3 aromatic carbocycles. The van der Waals surface area contributed by atoms with E-state index in [4.69, 9.17) is 4.74 Å². The van der Waals surface area contributed by atoms with Gasteiger partial charge in [0.1, 0.15) is 5.75 Å². The Balaban J connectivity index is 1.77. The van der Waals surface area contributed by atoms with Crippen LogP contribution in [0.2, 0.25) is 0 Å². The van der Waals surface area contributed by atoms with Gasteiger partial charge in [0.2, 0.25) is 0 Å². The van der Waals surface area contributed by atoms with Crippen molar-refractivity contribution in [1.29, 1.82) is 0 Å². The van der Waals surface area contributed by atoms with E-state index in [0.29, 0.717) is 34.9 Å². The summed E-state index contributed by atoms with van der Waals surface area (Å²) in [4.78, 5) is 25.6. The van der Waals surface area contributed by atoms with E-state index in [1.807, 2.05) is 36.4 Å². The molecule has 0 aliphatic carbocycles. The lowest BCUT2D eigenvalue weighted by atomic mass is 10.1. The number of benzene rings is 3. The predicted molar refractivity (Wildman–Crippen MR) is 116 cm³/mol. The van der Waals surface area contributed by atoms with Gasteiger partial charge in [-0.3, -0.25) is 9.59 Å². The van der Waals surface area contributed by atoms with Crippen molar-refractivity contribution in [3.8, 4) is 5.75 Å². The molecule has 0 fully saturated rings. The first-order valence-corrected chi connectivity index (χ1v) is 9.67. The van der Waals surface area contributed by atoms with Crippen LogP contribution in [-0.2, 0) is 0 Å². The van der Waals surface area contributed by atoms with Crippen LogP contribution in [0.1, 0.15) is 40.5 Å². The maximum atomic E-state index is 12.9. The second-order valence-corrected chi connectivity index (χ2v) is 6.52. The molecule has 0 spiro atoms. The van der Waals surface area contributed by atoms with E-state index >= 15 is 0 Å². The Bertz CT molecular complexity index is 971. The van der Waals surface area contributed by atoms with Crippen LogP contribution in [0.4, 0.5) is 11.4 Å². The van der Waals surface area contributed by atoms with E-state index in [1.165, 1.54) is 0 Å². The molecule has 2 amide bonds. The molecule has 0 aromatic heterocycles. The molecule has 3 aromatic rings. The zero-order valence-corrected chi connectivity index (χ0v) is 16.4. The fraction of sp³-hybridized carbons (Fsp3) is 0.167. The first kappa shape index (κ1) is 20.1. The number of rotatable bonds is 8. The minimum Gasteiger partial charge on any atom is -0.493 e. The lowest BCUT2D eigenvalue weighted by Gasteiger charge is -2.14. The number of amides is 2. The van der Waals surface area contributed by atoms with Gasteiger partial charge in [0.05, 0.1) is 23.4 Å². The summed E-state index contributed by atoms with van der Waals surface area (Å²) in [6.45, 7) is 2.64. The molecule has 5 nitrogen and oxygen atoms in total. The summed E-state index contributed by atoms with van der Waals surface area (Å²) in [5.41, 5.74) is 1.94. The Morgan fingerprint density at radius 3 is 2.14 bits per heavy atom. The molecule has 0 aliphatic heterocycles. The van der Waals surface area contributed by atoms with Crippen LogP contribution in [0.5, 0.6) is 5.75 Å². The van der Waals surface area contributed by atoms with Crippen LogP contribution in [0.25, 0.3) is 0 Å². The summed E-state index contributed by atoms with van der Waals surface area (Å²) in [5.74, 6) is -0.0821. The van der Waals surface area contributed by atoms with Crippen LogP contribution in [0.15, 0.2) is 78.9 Å². The molecule has 2 N–H and O–H groups in total. The molecular formula is C24H24N2O3. The van der Waals surface area contributed by atoms with Gasteiger partial charge < -0.3 is 15.4 Å². The second-order valence-electron chi connectivity index (χ2n) is 6.52. The molecule has 0 unspecified atom stereocenters. The number of nitrogens with one attached hydrogen (secondary N) is 2. The monoisotopic (exact) mass is 388 g/mol. The average molecular weight is 388 g/mol.